The average molecular weight is 311 g/mol. The van der Waals surface area contributed by atoms with Crippen LogP contribution in [0.15, 0.2) is 48.8 Å². The van der Waals surface area contributed by atoms with Gasteiger partial charge in [0.15, 0.2) is 0 Å². The van der Waals surface area contributed by atoms with Crippen LogP contribution in [0.1, 0.15) is 18.4 Å². The summed E-state index contributed by atoms with van der Waals surface area (Å²) in [6.07, 6.45) is 5.34. The van der Waals surface area contributed by atoms with Crippen molar-refractivity contribution in [3.05, 3.63) is 54.4 Å². The van der Waals surface area contributed by atoms with Gasteiger partial charge in [-0.3, -0.25) is 4.98 Å². The second-order valence-corrected chi connectivity index (χ2v) is 5.81. The lowest BCUT2D eigenvalue weighted by Crippen LogP contribution is -2.46. The standard InChI is InChI=1S/C18H21N3O2/c1-14-4-6-15(7-5-14)20-18(22)21-12-2-3-17(13-21)23-16-8-10-19-11-9-16/h4-11,17H,2-3,12-13H2,1H3,(H,20,22). The largest absolute Gasteiger partial charge is 0.488 e. The highest BCUT2D eigenvalue weighted by Crippen LogP contribution is 2.18. The van der Waals surface area contributed by atoms with E-state index in [0.717, 1.165) is 30.8 Å². The molecule has 0 bridgehead atoms. The zero-order chi connectivity index (χ0) is 16.1. The molecule has 2 aromatic rings. The van der Waals surface area contributed by atoms with Crippen LogP contribution in [0.25, 0.3) is 0 Å². The molecule has 1 N–H and O–H groups in total. The summed E-state index contributed by atoms with van der Waals surface area (Å²) in [5, 5.41) is 2.94. The maximum Gasteiger partial charge on any atom is 0.321 e. The smallest absolute Gasteiger partial charge is 0.321 e. The van der Waals surface area contributed by atoms with E-state index >= 15 is 0 Å². The Bertz CT molecular complexity index is 643. The minimum atomic E-state index is -0.0723. The van der Waals surface area contributed by atoms with Crippen LogP contribution in [-0.2, 0) is 0 Å². The number of benzene rings is 1. The molecule has 0 saturated carbocycles. The van der Waals surface area contributed by atoms with Crippen LogP contribution in [-0.4, -0.2) is 35.1 Å². The molecule has 0 aliphatic carbocycles. The summed E-state index contributed by atoms with van der Waals surface area (Å²) in [5.74, 6) is 0.797. The molecule has 120 valence electrons. The van der Waals surface area contributed by atoms with Crippen molar-refractivity contribution in [2.24, 2.45) is 0 Å². The van der Waals surface area contributed by atoms with E-state index in [1.807, 2.05) is 48.2 Å². The third-order valence-electron chi connectivity index (χ3n) is 3.92. The van der Waals surface area contributed by atoms with Crippen LogP contribution >= 0.6 is 0 Å². The van der Waals surface area contributed by atoms with E-state index in [1.54, 1.807) is 12.4 Å². The number of piperidine rings is 1. The van der Waals surface area contributed by atoms with E-state index in [0.29, 0.717) is 6.54 Å². The monoisotopic (exact) mass is 311 g/mol. The number of hydrogen-bond acceptors (Lipinski definition) is 3. The molecular formula is C18H21N3O2. The van der Waals surface area contributed by atoms with Gasteiger partial charge < -0.3 is 15.0 Å². The van der Waals surface area contributed by atoms with Crippen molar-refractivity contribution in [1.82, 2.24) is 9.88 Å². The minimum Gasteiger partial charge on any atom is -0.488 e. The Morgan fingerprint density at radius 1 is 1.22 bits per heavy atom. The SMILES string of the molecule is Cc1ccc(NC(=O)N2CCCC(Oc3ccncc3)C2)cc1. The van der Waals surface area contributed by atoms with Crippen LogP contribution in [0, 0.1) is 6.92 Å². The summed E-state index contributed by atoms with van der Waals surface area (Å²) in [5.41, 5.74) is 1.99. The number of ether oxygens (including phenoxy) is 1. The highest BCUT2D eigenvalue weighted by molar-refractivity contribution is 5.89. The third-order valence-corrected chi connectivity index (χ3v) is 3.92. The van der Waals surface area contributed by atoms with Crippen molar-refractivity contribution in [2.45, 2.75) is 25.9 Å². The van der Waals surface area contributed by atoms with E-state index in [4.69, 9.17) is 4.74 Å². The van der Waals surface area contributed by atoms with Gasteiger partial charge in [0.1, 0.15) is 11.9 Å². The van der Waals surface area contributed by atoms with Crippen molar-refractivity contribution >= 4 is 11.7 Å². The molecular weight excluding hydrogens is 290 g/mol. The minimum absolute atomic E-state index is 0.0231. The maximum atomic E-state index is 12.4. The van der Waals surface area contributed by atoms with Gasteiger partial charge in [-0.1, -0.05) is 17.7 Å². The predicted octanol–water partition coefficient (Wildman–Crippen LogP) is 3.47. The van der Waals surface area contributed by atoms with Gasteiger partial charge >= 0.3 is 6.03 Å². The van der Waals surface area contributed by atoms with Crippen LogP contribution in [0.4, 0.5) is 10.5 Å². The van der Waals surface area contributed by atoms with Gasteiger partial charge in [-0.15, -0.1) is 0 Å². The number of amides is 2. The number of aromatic nitrogens is 1. The molecule has 1 aromatic heterocycles. The molecule has 1 unspecified atom stereocenters. The number of nitrogens with zero attached hydrogens (tertiary/aromatic N) is 2. The first-order valence-electron chi connectivity index (χ1n) is 7.90. The molecule has 2 heterocycles. The van der Waals surface area contributed by atoms with Gasteiger partial charge in [-0.25, -0.2) is 4.79 Å². The quantitative estimate of drug-likeness (QED) is 0.944. The summed E-state index contributed by atoms with van der Waals surface area (Å²) in [6, 6.07) is 11.4. The predicted molar refractivity (Wildman–Crippen MR) is 89.7 cm³/mol. The Hall–Kier alpha value is -2.56. The molecule has 23 heavy (non-hydrogen) atoms. The molecule has 2 amide bonds. The maximum absolute atomic E-state index is 12.4. The Labute approximate surface area is 136 Å². The molecule has 1 aromatic carbocycles. The molecule has 5 heteroatoms. The van der Waals surface area contributed by atoms with Gasteiger partial charge in [0.2, 0.25) is 0 Å². The summed E-state index contributed by atoms with van der Waals surface area (Å²) < 4.78 is 5.94. The van der Waals surface area contributed by atoms with Crippen molar-refractivity contribution in [1.29, 1.82) is 0 Å². The molecule has 0 spiro atoms. The van der Waals surface area contributed by atoms with E-state index in [9.17, 15) is 4.79 Å². The van der Waals surface area contributed by atoms with Crippen LogP contribution < -0.4 is 10.1 Å². The number of urea groups is 1. The second-order valence-electron chi connectivity index (χ2n) is 5.81. The molecule has 3 rings (SSSR count). The normalized spacial score (nSPS) is 17.6. The number of carbonyl (C=O) groups excluding carboxylic acids is 1. The number of aryl methyl sites for hydroxylation is 1. The molecule has 1 aliphatic rings. The van der Waals surface area contributed by atoms with Gasteiger partial charge in [0, 0.05) is 24.6 Å². The number of likely N-dealkylation sites (tertiary alicyclic amines) is 1. The first-order chi connectivity index (χ1) is 11.2. The van der Waals surface area contributed by atoms with E-state index < -0.39 is 0 Å². The van der Waals surface area contributed by atoms with Gasteiger partial charge in [0.05, 0.1) is 6.54 Å². The molecule has 0 radical (unpaired) electrons. The summed E-state index contributed by atoms with van der Waals surface area (Å²) in [4.78, 5) is 18.2. The van der Waals surface area contributed by atoms with E-state index in [2.05, 4.69) is 10.3 Å². The number of anilines is 1. The first kappa shape index (κ1) is 15.3. The molecule has 1 saturated heterocycles. The summed E-state index contributed by atoms with van der Waals surface area (Å²) >= 11 is 0. The molecule has 1 aliphatic heterocycles. The van der Waals surface area contributed by atoms with Crippen molar-refractivity contribution in [3.63, 3.8) is 0 Å². The number of carbonyl (C=O) groups is 1. The van der Waals surface area contributed by atoms with Crippen molar-refractivity contribution in [2.75, 3.05) is 18.4 Å². The Kier molecular flexibility index (Phi) is 4.76. The third kappa shape index (κ3) is 4.22. The number of pyridine rings is 1. The van der Waals surface area contributed by atoms with E-state index in [-0.39, 0.29) is 12.1 Å². The summed E-state index contributed by atoms with van der Waals surface area (Å²) in [6.45, 7) is 3.38. The lowest BCUT2D eigenvalue weighted by molar-refractivity contribution is 0.106. The van der Waals surface area contributed by atoms with Crippen molar-refractivity contribution in [3.8, 4) is 5.75 Å². The zero-order valence-corrected chi connectivity index (χ0v) is 13.2. The second kappa shape index (κ2) is 7.13. The number of rotatable bonds is 3. The lowest BCUT2D eigenvalue weighted by atomic mass is 10.1. The van der Waals surface area contributed by atoms with Crippen molar-refractivity contribution < 1.29 is 9.53 Å². The zero-order valence-electron chi connectivity index (χ0n) is 13.2. The lowest BCUT2D eigenvalue weighted by Gasteiger charge is -2.32. The van der Waals surface area contributed by atoms with Gasteiger partial charge in [-0.2, -0.15) is 0 Å². The van der Waals surface area contributed by atoms with Crippen LogP contribution in [0.2, 0.25) is 0 Å². The number of hydrogen-bond donors (Lipinski definition) is 1. The highest BCUT2D eigenvalue weighted by Gasteiger charge is 2.25. The van der Waals surface area contributed by atoms with E-state index in [1.165, 1.54) is 5.56 Å². The van der Waals surface area contributed by atoms with Crippen LogP contribution in [0.5, 0.6) is 5.75 Å². The molecule has 5 nitrogen and oxygen atoms in total. The number of nitrogens with one attached hydrogen (secondary N) is 1. The summed E-state index contributed by atoms with van der Waals surface area (Å²) in [7, 11) is 0. The fourth-order valence-electron chi connectivity index (χ4n) is 2.67. The van der Waals surface area contributed by atoms with Gasteiger partial charge in [-0.05, 0) is 44.0 Å². The highest BCUT2D eigenvalue weighted by atomic mass is 16.5. The Morgan fingerprint density at radius 2 is 1.96 bits per heavy atom. The van der Waals surface area contributed by atoms with Gasteiger partial charge in [0.25, 0.3) is 0 Å². The average Bonchev–Trinajstić information content (AvgIpc) is 2.58. The van der Waals surface area contributed by atoms with Crippen LogP contribution in [0.3, 0.4) is 0 Å². The molecule has 1 fully saturated rings. The fourth-order valence-corrected chi connectivity index (χ4v) is 2.67. The Balaban J connectivity index is 1.57. The topological polar surface area (TPSA) is 54.5 Å². The fraction of sp³-hybridized carbons (Fsp3) is 0.333. The molecule has 1 atom stereocenters. The Morgan fingerprint density at radius 3 is 2.70 bits per heavy atom. The first-order valence-corrected chi connectivity index (χ1v) is 7.90.